The Morgan fingerprint density at radius 3 is 1.75 bits per heavy atom. The summed E-state index contributed by atoms with van der Waals surface area (Å²) in [4.78, 5) is 7.29. The van der Waals surface area contributed by atoms with Gasteiger partial charge >= 0.3 is 0 Å². The molecule has 0 saturated heterocycles. The van der Waals surface area contributed by atoms with Crippen molar-refractivity contribution in [3.05, 3.63) is 241 Å². The Hall–Kier alpha value is -8.47. The van der Waals surface area contributed by atoms with Gasteiger partial charge in [-0.3, -0.25) is 0 Å². The number of rotatable bonds is 5. The summed E-state index contributed by atoms with van der Waals surface area (Å²) in [5, 5.41) is 4.21. The fraction of sp³-hybridized carbons (Fsp3) is 0.0167. The largest absolute Gasteiger partial charge is 0.455 e. The highest BCUT2D eigenvalue weighted by Crippen LogP contribution is 2.65. The molecule has 0 aliphatic heterocycles. The van der Waals surface area contributed by atoms with Gasteiger partial charge in [0.25, 0.3) is 0 Å². The molecule has 0 unspecified atom stereocenters. The first-order valence-electron chi connectivity index (χ1n) is 21.9. The molecule has 2 aliphatic rings. The predicted octanol–water partition coefficient (Wildman–Crippen LogP) is 16.0. The van der Waals surface area contributed by atoms with E-state index in [9.17, 15) is 0 Å². The highest BCUT2D eigenvalue weighted by molar-refractivity contribution is 6.20. The zero-order chi connectivity index (χ0) is 41.9. The maximum Gasteiger partial charge on any atom is 0.227 e. The molecule has 0 bridgehead atoms. The second kappa shape index (κ2) is 13.3. The van der Waals surface area contributed by atoms with Gasteiger partial charge in [0.15, 0.2) is 5.58 Å². The third kappa shape index (κ3) is 4.79. The van der Waals surface area contributed by atoms with Crippen LogP contribution in [-0.4, -0.2) is 4.98 Å². The van der Waals surface area contributed by atoms with Crippen LogP contribution in [0.4, 0.5) is 17.1 Å². The molecular formula is C60H36N2O2. The molecule has 2 aliphatic carbocycles. The third-order valence-electron chi connectivity index (χ3n) is 13.7. The maximum atomic E-state index is 6.88. The number of hydrogen-bond donors (Lipinski definition) is 0. The Labute approximate surface area is 368 Å². The number of furan rings is 1. The summed E-state index contributed by atoms with van der Waals surface area (Å²) in [6.45, 7) is 0. The molecule has 0 N–H and O–H groups in total. The van der Waals surface area contributed by atoms with Gasteiger partial charge in [-0.25, -0.2) is 4.98 Å². The Morgan fingerprint density at radius 2 is 0.984 bits per heavy atom. The average Bonchev–Trinajstić information content (AvgIpc) is 4.12. The third-order valence-corrected chi connectivity index (χ3v) is 13.7. The highest BCUT2D eigenvalue weighted by atomic mass is 16.3. The van der Waals surface area contributed by atoms with Crippen molar-refractivity contribution in [2.45, 2.75) is 5.41 Å². The van der Waals surface area contributed by atoms with Crippen LogP contribution in [0.5, 0.6) is 0 Å². The van der Waals surface area contributed by atoms with Gasteiger partial charge in [0.05, 0.1) is 16.8 Å². The lowest BCUT2D eigenvalue weighted by Gasteiger charge is -2.32. The van der Waals surface area contributed by atoms with Crippen LogP contribution < -0.4 is 4.90 Å². The first-order valence-corrected chi connectivity index (χ1v) is 21.9. The summed E-state index contributed by atoms with van der Waals surface area (Å²) in [5.74, 6) is 0.572. The van der Waals surface area contributed by atoms with Crippen molar-refractivity contribution < 1.29 is 8.83 Å². The SMILES string of the molecule is c1ccc(-c2ccc(N(c3cccc4c3-c3ccccc3C43c4ccccc4-c4ccccc43)c3cc4c5ccc(-c6nc7ccccc7o6)cc5oc4c4ccccc34)cc2)cc1. The van der Waals surface area contributed by atoms with E-state index in [0.717, 1.165) is 66.4 Å². The van der Waals surface area contributed by atoms with Crippen LogP contribution in [-0.2, 0) is 5.41 Å². The van der Waals surface area contributed by atoms with Gasteiger partial charge < -0.3 is 13.7 Å². The zero-order valence-electron chi connectivity index (χ0n) is 34.5. The van der Waals surface area contributed by atoms with Gasteiger partial charge in [0, 0.05) is 38.4 Å². The van der Waals surface area contributed by atoms with Crippen LogP contribution >= 0.6 is 0 Å². The Bertz CT molecular complexity index is 3780. The Balaban J connectivity index is 1.04. The van der Waals surface area contributed by atoms with Crippen molar-refractivity contribution in [1.29, 1.82) is 0 Å². The van der Waals surface area contributed by atoms with Crippen LogP contribution in [0, 0.1) is 0 Å². The molecule has 4 nitrogen and oxygen atoms in total. The van der Waals surface area contributed by atoms with E-state index < -0.39 is 5.41 Å². The lowest BCUT2D eigenvalue weighted by molar-refractivity contribution is 0.619. The number of para-hydroxylation sites is 2. The number of oxazole rings is 1. The van der Waals surface area contributed by atoms with E-state index in [2.05, 4.69) is 199 Å². The Kier molecular flexibility index (Phi) is 7.29. The van der Waals surface area contributed by atoms with Gasteiger partial charge in [-0.1, -0.05) is 164 Å². The van der Waals surface area contributed by atoms with Crippen molar-refractivity contribution in [1.82, 2.24) is 4.98 Å². The minimum Gasteiger partial charge on any atom is -0.455 e. The predicted molar refractivity (Wildman–Crippen MR) is 261 cm³/mol. The molecule has 10 aromatic carbocycles. The number of nitrogens with zero attached hydrogens (tertiary/aromatic N) is 2. The minimum atomic E-state index is -0.475. The first-order chi connectivity index (χ1) is 31.7. The maximum absolute atomic E-state index is 6.88. The van der Waals surface area contributed by atoms with E-state index in [-0.39, 0.29) is 0 Å². The second-order valence-electron chi connectivity index (χ2n) is 17.0. The summed E-state index contributed by atoms with van der Waals surface area (Å²) in [6, 6.07) is 78.9. The molecule has 64 heavy (non-hydrogen) atoms. The molecule has 0 fully saturated rings. The fourth-order valence-corrected chi connectivity index (χ4v) is 11.0. The summed E-state index contributed by atoms with van der Waals surface area (Å²) >= 11 is 0. The summed E-state index contributed by atoms with van der Waals surface area (Å²) < 4.78 is 13.1. The summed E-state index contributed by atoms with van der Waals surface area (Å²) in [6.07, 6.45) is 0. The lowest BCUT2D eigenvalue weighted by Crippen LogP contribution is -2.26. The summed E-state index contributed by atoms with van der Waals surface area (Å²) in [7, 11) is 0. The molecule has 12 aromatic rings. The molecule has 0 atom stereocenters. The second-order valence-corrected chi connectivity index (χ2v) is 17.0. The quantitative estimate of drug-likeness (QED) is 0.174. The van der Waals surface area contributed by atoms with Crippen molar-refractivity contribution in [3.8, 4) is 44.8 Å². The molecule has 298 valence electrons. The van der Waals surface area contributed by atoms with Crippen molar-refractivity contribution in [2.75, 3.05) is 4.90 Å². The van der Waals surface area contributed by atoms with Crippen LogP contribution in [0.25, 0.3) is 88.6 Å². The highest BCUT2D eigenvalue weighted by Gasteiger charge is 2.52. The van der Waals surface area contributed by atoms with E-state index in [0.29, 0.717) is 5.89 Å². The van der Waals surface area contributed by atoms with Crippen LogP contribution in [0.15, 0.2) is 227 Å². The molecule has 1 spiro atoms. The molecule has 4 heteroatoms. The van der Waals surface area contributed by atoms with Crippen molar-refractivity contribution in [3.63, 3.8) is 0 Å². The number of aromatic nitrogens is 1. The van der Waals surface area contributed by atoms with Crippen LogP contribution in [0.1, 0.15) is 22.3 Å². The number of benzene rings is 10. The number of anilines is 3. The fourth-order valence-electron chi connectivity index (χ4n) is 11.0. The molecule has 0 saturated carbocycles. The summed E-state index contributed by atoms with van der Waals surface area (Å²) in [5.41, 5.74) is 19.6. The van der Waals surface area contributed by atoms with E-state index >= 15 is 0 Å². The van der Waals surface area contributed by atoms with Gasteiger partial charge in [0.1, 0.15) is 16.7 Å². The molecule has 0 amide bonds. The molecular weight excluding hydrogens is 781 g/mol. The van der Waals surface area contributed by atoms with E-state index in [1.165, 1.54) is 55.6 Å². The Morgan fingerprint density at radius 1 is 0.375 bits per heavy atom. The smallest absolute Gasteiger partial charge is 0.227 e. The topological polar surface area (TPSA) is 42.4 Å². The van der Waals surface area contributed by atoms with E-state index in [4.69, 9.17) is 13.8 Å². The number of fused-ring (bicyclic) bond motifs is 16. The normalized spacial score (nSPS) is 13.1. The monoisotopic (exact) mass is 816 g/mol. The van der Waals surface area contributed by atoms with Gasteiger partial charge in [-0.2, -0.15) is 0 Å². The van der Waals surface area contributed by atoms with Gasteiger partial charge in [-0.05, 0) is 105 Å². The number of hydrogen-bond acceptors (Lipinski definition) is 4. The van der Waals surface area contributed by atoms with E-state index in [1.807, 2.05) is 24.3 Å². The van der Waals surface area contributed by atoms with Crippen LogP contribution in [0.2, 0.25) is 0 Å². The first kappa shape index (κ1) is 35.2. The van der Waals surface area contributed by atoms with Crippen molar-refractivity contribution in [2.24, 2.45) is 0 Å². The van der Waals surface area contributed by atoms with Gasteiger partial charge in [0.2, 0.25) is 5.89 Å². The van der Waals surface area contributed by atoms with Crippen molar-refractivity contribution >= 4 is 60.9 Å². The molecule has 14 rings (SSSR count). The molecule has 0 radical (unpaired) electrons. The van der Waals surface area contributed by atoms with Gasteiger partial charge in [-0.15, -0.1) is 0 Å². The minimum absolute atomic E-state index is 0.475. The lowest BCUT2D eigenvalue weighted by atomic mass is 9.70. The molecule has 2 heterocycles. The standard InChI is InChI=1S/C60H36N2O2/c1-2-15-37(16-3-1)38-29-32-40(33-30-38)62(53-27-14-25-51-57(53)46-21-8-11-24-50(46)60(51)48-22-9-6-17-41(48)42-18-7-10-23-49(42)60)54-36-47-44-34-31-39(59-61-52-26-12-13-28-55(52)64-59)35-56(44)63-58(47)45-20-5-4-19-43(45)54/h1-36H. The zero-order valence-corrected chi connectivity index (χ0v) is 34.5. The van der Waals surface area contributed by atoms with Crippen LogP contribution in [0.3, 0.4) is 0 Å². The molecule has 2 aromatic heterocycles. The average molecular weight is 817 g/mol. The van der Waals surface area contributed by atoms with E-state index in [1.54, 1.807) is 0 Å².